The molecule has 0 heterocycles. The van der Waals surface area contributed by atoms with E-state index >= 15 is 0 Å². The van der Waals surface area contributed by atoms with Crippen LogP contribution in [0.1, 0.15) is 27.2 Å². The first-order valence-electron chi connectivity index (χ1n) is 5.04. The Morgan fingerprint density at radius 1 is 1.56 bits per heavy atom. The van der Waals surface area contributed by atoms with Gasteiger partial charge in [-0.1, -0.05) is 6.08 Å². The van der Waals surface area contributed by atoms with E-state index < -0.39 is 5.60 Å². The van der Waals surface area contributed by atoms with Crippen molar-refractivity contribution in [3.05, 3.63) is 12.7 Å². The molecule has 1 amide bonds. The molecule has 0 aromatic carbocycles. The second-order valence-corrected chi connectivity index (χ2v) is 4.49. The van der Waals surface area contributed by atoms with Gasteiger partial charge < -0.3 is 15.2 Å². The fraction of sp³-hybridized carbons (Fsp3) is 0.636. The highest BCUT2D eigenvalue weighted by Crippen LogP contribution is 2.31. The summed E-state index contributed by atoms with van der Waals surface area (Å²) >= 11 is 0. The fourth-order valence-corrected chi connectivity index (χ4v) is 1.10. The van der Waals surface area contributed by atoms with Crippen LogP contribution in [0, 0.1) is 5.92 Å². The molecule has 0 spiro atoms. The van der Waals surface area contributed by atoms with Gasteiger partial charge in [-0.25, -0.2) is 4.79 Å². The lowest BCUT2D eigenvalue weighted by atomic mass is 10.2. The summed E-state index contributed by atoms with van der Waals surface area (Å²) in [6.07, 6.45) is 2.52. The first-order valence-corrected chi connectivity index (χ1v) is 5.04. The highest BCUT2D eigenvalue weighted by atomic mass is 16.6. The smallest absolute Gasteiger partial charge is 0.407 e. The highest BCUT2D eigenvalue weighted by molar-refractivity contribution is 5.68. The van der Waals surface area contributed by atoms with Crippen molar-refractivity contribution in [2.24, 2.45) is 5.92 Å². The molecule has 1 saturated carbocycles. The number of rotatable bonds is 2. The summed E-state index contributed by atoms with van der Waals surface area (Å²) in [7, 11) is 0. The molecule has 0 aromatic heterocycles. The highest BCUT2D eigenvalue weighted by Gasteiger charge is 2.36. The Kier molecular flexibility index (Phi) is 5.56. The molecule has 0 aliphatic heterocycles. The van der Waals surface area contributed by atoms with Gasteiger partial charge in [0.05, 0.1) is 0 Å². The number of alkyl carbamates (subject to hydrolysis) is 1. The van der Waals surface area contributed by atoms with Crippen molar-refractivity contribution < 1.29 is 19.4 Å². The van der Waals surface area contributed by atoms with E-state index in [2.05, 4.69) is 11.9 Å². The van der Waals surface area contributed by atoms with E-state index in [9.17, 15) is 4.79 Å². The molecule has 1 fully saturated rings. The van der Waals surface area contributed by atoms with Gasteiger partial charge in [0.25, 0.3) is 6.47 Å². The van der Waals surface area contributed by atoms with Crippen LogP contribution >= 0.6 is 0 Å². The first-order chi connectivity index (χ1) is 7.34. The molecule has 1 aliphatic carbocycles. The maximum absolute atomic E-state index is 11.2. The van der Waals surface area contributed by atoms with Crippen LogP contribution in [0.15, 0.2) is 12.7 Å². The van der Waals surface area contributed by atoms with Gasteiger partial charge in [-0.15, -0.1) is 6.58 Å². The van der Waals surface area contributed by atoms with Crippen LogP contribution in [0.25, 0.3) is 0 Å². The van der Waals surface area contributed by atoms with Crippen LogP contribution in [0.4, 0.5) is 4.79 Å². The molecule has 0 bridgehead atoms. The average Bonchev–Trinajstić information content (AvgIpc) is 2.80. The third-order valence-corrected chi connectivity index (χ3v) is 1.84. The molecule has 2 N–H and O–H groups in total. The topological polar surface area (TPSA) is 75.6 Å². The molecule has 2 atom stereocenters. The van der Waals surface area contributed by atoms with Crippen molar-refractivity contribution in [3.63, 3.8) is 0 Å². The fourth-order valence-electron chi connectivity index (χ4n) is 1.10. The van der Waals surface area contributed by atoms with Crippen molar-refractivity contribution in [1.29, 1.82) is 0 Å². The normalized spacial score (nSPS) is 22.2. The first kappa shape index (κ1) is 14.5. The molecule has 0 saturated heterocycles. The Bertz CT molecular complexity index is 257. The summed E-state index contributed by atoms with van der Waals surface area (Å²) in [6.45, 7) is 8.97. The Balaban J connectivity index is 0.000000673. The lowest BCUT2D eigenvalue weighted by Gasteiger charge is -2.19. The monoisotopic (exact) mass is 229 g/mol. The molecule has 1 rings (SSSR count). The van der Waals surface area contributed by atoms with Crippen LogP contribution in [0.3, 0.4) is 0 Å². The Labute approximate surface area is 95.5 Å². The third kappa shape index (κ3) is 6.86. The Morgan fingerprint density at radius 2 is 2.06 bits per heavy atom. The molecular weight excluding hydrogens is 210 g/mol. The molecular formula is C11H19NO4. The Morgan fingerprint density at radius 3 is 2.38 bits per heavy atom. The van der Waals surface area contributed by atoms with Gasteiger partial charge in [-0.3, -0.25) is 4.79 Å². The van der Waals surface area contributed by atoms with E-state index in [1.54, 1.807) is 0 Å². The molecule has 0 radical (unpaired) electrons. The summed E-state index contributed by atoms with van der Waals surface area (Å²) in [5.41, 5.74) is -0.414. The van der Waals surface area contributed by atoms with Crippen LogP contribution in [0.5, 0.6) is 0 Å². The van der Waals surface area contributed by atoms with Crippen molar-refractivity contribution in [2.45, 2.75) is 38.8 Å². The van der Waals surface area contributed by atoms with E-state index in [0.29, 0.717) is 5.92 Å². The molecule has 2 unspecified atom stereocenters. The SMILES string of the molecule is C=CC1CC1NC(=O)OC(C)(C)C.O=CO. The Hall–Kier alpha value is -1.52. The summed E-state index contributed by atoms with van der Waals surface area (Å²) in [4.78, 5) is 19.6. The number of hydrogen-bond acceptors (Lipinski definition) is 3. The minimum Gasteiger partial charge on any atom is -0.483 e. The molecule has 92 valence electrons. The second-order valence-electron chi connectivity index (χ2n) is 4.49. The lowest BCUT2D eigenvalue weighted by Crippen LogP contribution is -2.34. The quantitative estimate of drug-likeness (QED) is 0.559. The van der Waals surface area contributed by atoms with Crippen molar-refractivity contribution in [3.8, 4) is 0 Å². The zero-order valence-corrected chi connectivity index (χ0v) is 9.90. The van der Waals surface area contributed by atoms with Crippen molar-refractivity contribution in [2.75, 3.05) is 0 Å². The van der Waals surface area contributed by atoms with Crippen molar-refractivity contribution in [1.82, 2.24) is 5.32 Å². The molecule has 5 nitrogen and oxygen atoms in total. The van der Waals surface area contributed by atoms with Crippen LogP contribution in [0.2, 0.25) is 0 Å². The van der Waals surface area contributed by atoms with Gasteiger partial charge in [0.2, 0.25) is 0 Å². The van der Waals surface area contributed by atoms with Gasteiger partial charge >= 0.3 is 6.09 Å². The van der Waals surface area contributed by atoms with Crippen LogP contribution in [-0.4, -0.2) is 29.3 Å². The summed E-state index contributed by atoms with van der Waals surface area (Å²) in [5.74, 6) is 0.438. The predicted molar refractivity (Wildman–Crippen MR) is 60.2 cm³/mol. The number of carbonyl (C=O) groups is 2. The van der Waals surface area contributed by atoms with E-state index in [-0.39, 0.29) is 18.6 Å². The molecule has 0 aromatic rings. The third-order valence-electron chi connectivity index (χ3n) is 1.84. The molecule has 16 heavy (non-hydrogen) atoms. The molecule has 1 aliphatic rings. The van der Waals surface area contributed by atoms with E-state index in [1.165, 1.54) is 0 Å². The van der Waals surface area contributed by atoms with Crippen LogP contribution < -0.4 is 5.32 Å². The summed E-state index contributed by atoms with van der Waals surface area (Å²) in [6, 6.07) is 0.243. The number of hydrogen-bond donors (Lipinski definition) is 2. The van der Waals surface area contributed by atoms with Crippen LogP contribution in [-0.2, 0) is 9.53 Å². The van der Waals surface area contributed by atoms with E-state index in [4.69, 9.17) is 14.6 Å². The minimum absolute atomic E-state index is 0.243. The number of amides is 1. The van der Waals surface area contributed by atoms with E-state index in [0.717, 1.165) is 6.42 Å². The lowest BCUT2D eigenvalue weighted by molar-refractivity contribution is -0.122. The standard InChI is InChI=1S/C10H17NO2.CH2O2/c1-5-7-6-8(7)11-9(12)13-10(2,3)4;2-1-3/h5,7-8H,1,6H2,2-4H3,(H,11,12);1H,(H,2,3). The van der Waals surface area contributed by atoms with Gasteiger partial charge in [0.1, 0.15) is 5.60 Å². The zero-order chi connectivity index (χ0) is 12.8. The van der Waals surface area contributed by atoms with Gasteiger partial charge in [0, 0.05) is 6.04 Å². The zero-order valence-electron chi connectivity index (χ0n) is 9.90. The number of carboxylic acid groups (broad SMARTS) is 1. The number of nitrogens with one attached hydrogen (secondary N) is 1. The average molecular weight is 229 g/mol. The second kappa shape index (κ2) is 6.15. The van der Waals surface area contributed by atoms with Gasteiger partial charge in [-0.2, -0.15) is 0 Å². The maximum atomic E-state index is 11.2. The minimum atomic E-state index is -0.414. The summed E-state index contributed by atoms with van der Waals surface area (Å²) in [5, 5.41) is 9.67. The molecule has 5 heteroatoms. The summed E-state index contributed by atoms with van der Waals surface area (Å²) < 4.78 is 5.10. The predicted octanol–water partition coefficient (Wildman–Crippen LogP) is 1.79. The number of ether oxygens (including phenoxy) is 1. The largest absolute Gasteiger partial charge is 0.483 e. The van der Waals surface area contributed by atoms with Gasteiger partial charge in [0.15, 0.2) is 0 Å². The maximum Gasteiger partial charge on any atom is 0.407 e. The number of carbonyl (C=O) groups excluding carboxylic acids is 1. The van der Waals surface area contributed by atoms with Crippen molar-refractivity contribution >= 4 is 12.6 Å². The van der Waals surface area contributed by atoms with Gasteiger partial charge in [-0.05, 0) is 33.1 Å². The van der Waals surface area contributed by atoms with E-state index in [1.807, 2.05) is 26.8 Å².